The van der Waals surface area contributed by atoms with Crippen LogP contribution in [-0.4, -0.2) is 115 Å². The van der Waals surface area contributed by atoms with Gasteiger partial charge < -0.3 is 40.4 Å². The molecule has 1 heterocycles. The van der Waals surface area contributed by atoms with Crippen LogP contribution in [-0.2, 0) is 44.6 Å². The second kappa shape index (κ2) is 23.5. The Hall–Kier alpha value is -3.55. The molecule has 13 heteroatoms. The van der Waals surface area contributed by atoms with Gasteiger partial charge in [0.15, 0.2) is 0 Å². The third-order valence-electron chi connectivity index (χ3n) is 9.88. The van der Waals surface area contributed by atoms with Gasteiger partial charge in [-0.05, 0) is 58.9 Å². The second-order valence-corrected chi connectivity index (χ2v) is 16.2. The number of carbonyl (C=O) groups is 5. The first-order valence-corrected chi connectivity index (χ1v) is 20.0. The number of likely N-dealkylation sites (N-methyl/N-ethyl adjacent to an activating group) is 1. The predicted molar refractivity (Wildman–Crippen MR) is 216 cm³/mol. The monoisotopic (exact) mass is 776 g/mol. The van der Waals surface area contributed by atoms with Gasteiger partial charge in [0.1, 0.15) is 11.6 Å². The lowest BCUT2D eigenvalue weighted by Crippen LogP contribution is -2.56. The van der Waals surface area contributed by atoms with E-state index < -0.39 is 59.3 Å². The molecule has 6 atom stereocenters. The summed E-state index contributed by atoms with van der Waals surface area (Å²) in [4.78, 5) is 70.2. The van der Waals surface area contributed by atoms with Crippen molar-refractivity contribution in [1.29, 1.82) is 0 Å². The Morgan fingerprint density at radius 3 is 2.04 bits per heavy atom. The summed E-state index contributed by atoms with van der Waals surface area (Å²) < 4.78 is 17.5. The number of carbonyl (C=O) groups excluding carboxylic acids is 5. The van der Waals surface area contributed by atoms with Crippen molar-refractivity contribution in [3.05, 3.63) is 35.9 Å². The number of hydrogen-bond acceptors (Lipinski definition) is 9. The minimum absolute atomic E-state index is 0.00276. The Kier molecular flexibility index (Phi) is 21.1. The topological polar surface area (TPSA) is 170 Å². The van der Waals surface area contributed by atoms with Crippen molar-refractivity contribution < 1.29 is 38.2 Å². The largest absolute Gasteiger partial charge is 0.458 e. The summed E-state index contributed by atoms with van der Waals surface area (Å²) in [5.74, 6) is -2.54. The Morgan fingerprint density at radius 1 is 0.964 bits per heavy atom. The van der Waals surface area contributed by atoms with Gasteiger partial charge in [-0.2, -0.15) is 0 Å². The summed E-state index contributed by atoms with van der Waals surface area (Å²) in [6, 6.07) is 7.65. The van der Waals surface area contributed by atoms with Gasteiger partial charge in [0.05, 0.1) is 48.7 Å². The molecule has 0 spiro atoms. The van der Waals surface area contributed by atoms with Crippen LogP contribution >= 0.6 is 0 Å². The number of benzene rings is 1. The normalized spacial score (nSPS) is 17.2. The molecule has 1 saturated heterocycles. The zero-order chi connectivity index (χ0) is 42.1. The number of methoxy groups -OCH3 is 2. The number of hydrogen-bond donors (Lipinski definition) is 3. The number of esters is 1. The third kappa shape index (κ3) is 15.8. The molecule has 0 radical (unpaired) electrons. The van der Waals surface area contributed by atoms with Gasteiger partial charge in [0.2, 0.25) is 23.6 Å². The van der Waals surface area contributed by atoms with Crippen LogP contribution < -0.4 is 16.4 Å². The van der Waals surface area contributed by atoms with Crippen LogP contribution in [0.5, 0.6) is 0 Å². The molecule has 0 aromatic heterocycles. The highest BCUT2D eigenvalue weighted by Gasteiger charge is 2.43. The SMILES string of the molecule is CCC.CCC(CC)C(C(CC(=O)N1CCCC1C(OC)C(C)C(=O)NC(Cc1ccccc1)C(=O)OC(C)(C)C)OC)N(C)C(=O)CNC(=O)C(C)(C)N. The predicted octanol–water partition coefficient (Wildman–Crippen LogP) is 4.64. The molecule has 1 fully saturated rings. The molecule has 13 nitrogen and oxygen atoms in total. The van der Waals surface area contributed by atoms with Crippen molar-refractivity contribution in [3.63, 3.8) is 0 Å². The molecular formula is C42H73N5O8. The van der Waals surface area contributed by atoms with Crippen LogP contribution in [0.25, 0.3) is 0 Å². The molecular weight excluding hydrogens is 702 g/mol. The zero-order valence-electron chi connectivity index (χ0n) is 36.0. The maximum atomic E-state index is 14.1. The number of nitrogens with zero attached hydrogens (tertiary/aromatic N) is 2. The second-order valence-electron chi connectivity index (χ2n) is 16.2. The van der Waals surface area contributed by atoms with Crippen molar-refractivity contribution in [1.82, 2.24) is 20.4 Å². The lowest BCUT2D eigenvalue weighted by molar-refractivity contribution is -0.159. The number of nitrogens with two attached hydrogens (primary N) is 1. The maximum Gasteiger partial charge on any atom is 0.329 e. The molecule has 6 unspecified atom stereocenters. The van der Waals surface area contributed by atoms with Crippen molar-refractivity contribution >= 4 is 29.6 Å². The Morgan fingerprint density at radius 2 is 1.55 bits per heavy atom. The van der Waals surface area contributed by atoms with Gasteiger partial charge in [-0.3, -0.25) is 19.2 Å². The molecule has 2 rings (SSSR count). The third-order valence-corrected chi connectivity index (χ3v) is 9.88. The van der Waals surface area contributed by atoms with E-state index in [2.05, 4.69) is 24.5 Å². The van der Waals surface area contributed by atoms with Gasteiger partial charge in [0.25, 0.3) is 0 Å². The quantitative estimate of drug-likeness (QED) is 0.170. The summed E-state index contributed by atoms with van der Waals surface area (Å²) in [6.07, 6.45) is 3.06. The molecule has 0 bridgehead atoms. The molecule has 314 valence electrons. The molecule has 4 N–H and O–H groups in total. The van der Waals surface area contributed by atoms with E-state index in [-0.39, 0.29) is 43.0 Å². The van der Waals surface area contributed by atoms with Gasteiger partial charge in [0, 0.05) is 34.2 Å². The molecule has 55 heavy (non-hydrogen) atoms. The number of likely N-dealkylation sites (tertiary alicyclic amines) is 1. The summed E-state index contributed by atoms with van der Waals surface area (Å²) in [5, 5.41) is 5.53. The van der Waals surface area contributed by atoms with E-state index >= 15 is 0 Å². The molecule has 1 aliphatic rings. The van der Waals surface area contributed by atoms with E-state index in [1.807, 2.05) is 44.2 Å². The van der Waals surface area contributed by atoms with E-state index in [1.54, 1.807) is 58.4 Å². The Bertz CT molecular complexity index is 1340. The lowest BCUT2D eigenvalue weighted by Gasteiger charge is -2.40. The fraction of sp³-hybridized carbons (Fsp3) is 0.738. The van der Waals surface area contributed by atoms with Gasteiger partial charge in [-0.1, -0.05) is 84.2 Å². The fourth-order valence-corrected chi connectivity index (χ4v) is 6.95. The smallest absolute Gasteiger partial charge is 0.329 e. The maximum absolute atomic E-state index is 14.1. The average Bonchev–Trinajstić information content (AvgIpc) is 3.61. The van der Waals surface area contributed by atoms with E-state index in [0.717, 1.165) is 24.8 Å². The first kappa shape index (κ1) is 49.5. The van der Waals surface area contributed by atoms with E-state index in [4.69, 9.17) is 19.9 Å². The fourth-order valence-electron chi connectivity index (χ4n) is 6.95. The van der Waals surface area contributed by atoms with Crippen molar-refractivity contribution in [2.24, 2.45) is 17.6 Å². The van der Waals surface area contributed by atoms with Crippen LogP contribution in [0.15, 0.2) is 30.3 Å². The summed E-state index contributed by atoms with van der Waals surface area (Å²) >= 11 is 0. The average molecular weight is 776 g/mol. The minimum Gasteiger partial charge on any atom is -0.458 e. The van der Waals surface area contributed by atoms with E-state index in [0.29, 0.717) is 13.0 Å². The van der Waals surface area contributed by atoms with E-state index in [9.17, 15) is 24.0 Å². The molecule has 1 aromatic carbocycles. The summed E-state index contributed by atoms with van der Waals surface area (Å²) in [6.45, 7) is 18.8. The summed E-state index contributed by atoms with van der Waals surface area (Å²) in [7, 11) is 4.73. The Balaban J connectivity index is 0.00000487. The van der Waals surface area contributed by atoms with Gasteiger partial charge >= 0.3 is 5.97 Å². The molecule has 0 saturated carbocycles. The van der Waals surface area contributed by atoms with E-state index in [1.165, 1.54) is 20.6 Å². The highest BCUT2D eigenvalue weighted by molar-refractivity contribution is 5.89. The number of amides is 4. The summed E-state index contributed by atoms with van der Waals surface area (Å²) in [5.41, 5.74) is 4.88. The van der Waals surface area contributed by atoms with Crippen LogP contribution in [0, 0.1) is 11.8 Å². The first-order chi connectivity index (χ1) is 25.7. The number of rotatable bonds is 19. The van der Waals surface area contributed by atoms with Gasteiger partial charge in [-0.25, -0.2) is 4.79 Å². The molecule has 1 aliphatic heterocycles. The lowest BCUT2D eigenvalue weighted by atomic mass is 9.87. The zero-order valence-corrected chi connectivity index (χ0v) is 36.0. The van der Waals surface area contributed by atoms with Crippen molar-refractivity contribution in [3.8, 4) is 0 Å². The highest BCUT2D eigenvalue weighted by atomic mass is 16.6. The van der Waals surface area contributed by atoms with Crippen LogP contribution in [0.2, 0.25) is 0 Å². The van der Waals surface area contributed by atoms with Crippen molar-refractivity contribution in [2.75, 3.05) is 34.4 Å². The van der Waals surface area contributed by atoms with Crippen LogP contribution in [0.3, 0.4) is 0 Å². The first-order valence-electron chi connectivity index (χ1n) is 20.0. The van der Waals surface area contributed by atoms with Crippen LogP contribution in [0.1, 0.15) is 113 Å². The Labute approximate surface area is 331 Å². The molecule has 1 aromatic rings. The van der Waals surface area contributed by atoms with Crippen LogP contribution in [0.4, 0.5) is 0 Å². The minimum atomic E-state index is -1.14. The standard InChI is InChI=1S/C39H65N5O8.C3H8/c1-12-27(13-2)33(43(9)32(46)24-41-37(49)39(7,8)40)30(50-10)23-31(45)44-21-17-20-29(44)34(51-11)25(3)35(47)42-28(36(48)52-38(4,5)6)22-26-18-15-14-16-19-26;1-3-2/h14-16,18-19,25,27-30,33-34H,12-13,17,20-24,40H2,1-11H3,(H,41,49)(H,42,47);3H2,1-2H3. The highest BCUT2D eigenvalue weighted by Crippen LogP contribution is 2.30. The molecule has 4 amide bonds. The number of ether oxygens (including phenoxy) is 3. The van der Waals surface area contributed by atoms with Crippen molar-refractivity contribution in [2.45, 2.75) is 156 Å². The number of nitrogens with one attached hydrogen (secondary N) is 2. The van der Waals surface area contributed by atoms with Gasteiger partial charge in [-0.15, -0.1) is 0 Å². The molecule has 0 aliphatic carbocycles.